The van der Waals surface area contributed by atoms with Crippen molar-refractivity contribution in [3.05, 3.63) is 12.2 Å². The average molecular weight is 322 g/mol. The number of halogens is 6. The Hall–Kier alpha value is -1.78. The lowest BCUT2D eigenvalue weighted by Gasteiger charge is -2.32. The van der Waals surface area contributed by atoms with Crippen LogP contribution in [-0.2, 0) is 19.1 Å². The van der Waals surface area contributed by atoms with Crippen molar-refractivity contribution in [3.8, 4) is 0 Å². The minimum Gasteiger partial charge on any atom is -0.463 e. The summed E-state index contributed by atoms with van der Waals surface area (Å²) in [5.41, 5.74) is -7.76. The standard InChI is InChI=1S/C10H8F6O5/c1-4(6(17)21-5-2-3-20-7(5)18)8(19,9(11,12)13)10(14,15)16/h5,19H,1-3H2. The van der Waals surface area contributed by atoms with Gasteiger partial charge in [-0.1, -0.05) is 6.58 Å². The lowest BCUT2D eigenvalue weighted by molar-refractivity contribution is -0.351. The third-order valence-corrected chi connectivity index (χ3v) is 2.64. The van der Waals surface area contributed by atoms with E-state index in [1.807, 2.05) is 0 Å². The molecule has 1 heterocycles. The molecule has 1 fully saturated rings. The van der Waals surface area contributed by atoms with E-state index in [0.29, 0.717) is 0 Å². The summed E-state index contributed by atoms with van der Waals surface area (Å²) in [7, 11) is 0. The molecule has 0 aliphatic carbocycles. The van der Waals surface area contributed by atoms with Gasteiger partial charge in [-0.25, -0.2) is 9.59 Å². The summed E-state index contributed by atoms with van der Waals surface area (Å²) in [4.78, 5) is 22.2. The van der Waals surface area contributed by atoms with Crippen molar-refractivity contribution >= 4 is 11.9 Å². The lowest BCUT2D eigenvalue weighted by Crippen LogP contribution is -2.59. The molecule has 0 radical (unpaired) electrons. The molecule has 1 atom stereocenters. The highest BCUT2D eigenvalue weighted by molar-refractivity contribution is 5.92. The number of cyclic esters (lactones) is 1. The van der Waals surface area contributed by atoms with E-state index in [-0.39, 0.29) is 13.0 Å². The Morgan fingerprint density at radius 1 is 1.24 bits per heavy atom. The Kier molecular flexibility index (Phi) is 4.28. The molecule has 0 aromatic heterocycles. The minimum atomic E-state index is -6.25. The van der Waals surface area contributed by atoms with Gasteiger partial charge in [0.15, 0.2) is 0 Å². The van der Waals surface area contributed by atoms with Crippen molar-refractivity contribution in [1.29, 1.82) is 0 Å². The molecule has 0 amide bonds. The number of carbonyl (C=O) groups is 2. The second-order valence-electron chi connectivity index (χ2n) is 4.03. The van der Waals surface area contributed by atoms with Gasteiger partial charge in [0.25, 0.3) is 5.60 Å². The van der Waals surface area contributed by atoms with Gasteiger partial charge in [-0.3, -0.25) is 0 Å². The van der Waals surface area contributed by atoms with Crippen LogP contribution in [0.1, 0.15) is 6.42 Å². The van der Waals surface area contributed by atoms with E-state index in [0.717, 1.165) is 0 Å². The number of esters is 2. The van der Waals surface area contributed by atoms with E-state index < -0.39 is 41.6 Å². The molecule has 1 saturated heterocycles. The van der Waals surface area contributed by atoms with Gasteiger partial charge >= 0.3 is 24.3 Å². The van der Waals surface area contributed by atoms with E-state index in [1.54, 1.807) is 0 Å². The van der Waals surface area contributed by atoms with Crippen LogP contribution in [0.4, 0.5) is 26.3 Å². The highest BCUT2D eigenvalue weighted by Crippen LogP contribution is 2.47. The topological polar surface area (TPSA) is 72.8 Å². The first-order valence-electron chi connectivity index (χ1n) is 5.25. The molecule has 0 aromatic rings. The Labute approximate surface area is 113 Å². The molecular formula is C10H8F6O5. The second kappa shape index (κ2) is 5.20. The van der Waals surface area contributed by atoms with Gasteiger partial charge in [-0.2, -0.15) is 26.3 Å². The summed E-state index contributed by atoms with van der Waals surface area (Å²) < 4.78 is 83.3. The van der Waals surface area contributed by atoms with Crippen molar-refractivity contribution in [1.82, 2.24) is 0 Å². The normalized spacial score (nSPS) is 20.1. The number of ether oxygens (including phenoxy) is 2. The Morgan fingerprint density at radius 3 is 2.05 bits per heavy atom. The number of hydrogen-bond donors (Lipinski definition) is 1. The molecular weight excluding hydrogens is 314 g/mol. The Morgan fingerprint density at radius 2 is 1.71 bits per heavy atom. The number of carbonyl (C=O) groups excluding carboxylic acids is 2. The average Bonchev–Trinajstić information content (AvgIpc) is 2.70. The maximum absolute atomic E-state index is 12.5. The van der Waals surface area contributed by atoms with Gasteiger partial charge in [0.1, 0.15) is 0 Å². The smallest absolute Gasteiger partial charge is 0.430 e. The van der Waals surface area contributed by atoms with E-state index in [1.165, 1.54) is 0 Å². The highest BCUT2D eigenvalue weighted by atomic mass is 19.4. The summed E-state index contributed by atoms with van der Waals surface area (Å²) in [6.07, 6.45) is -14.4. The summed E-state index contributed by atoms with van der Waals surface area (Å²) in [6, 6.07) is 0. The van der Waals surface area contributed by atoms with Crippen LogP contribution in [-0.4, -0.2) is 47.7 Å². The maximum atomic E-state index is 12.5. The Bertz CT molecular complexity index is 452. The summed E-state index contributed by atoms with van der Waals surface area (Å²) >= 11 is 0. The van der Waals surface area contributed by atoms with Crippen LogP contribution in [0.3, 0.4) is 0 Å². The summed E-state index contributed by atoms with van der Waals surface area (Å²) in [6.45, 7) is 2.11. The third kappa shape index (κ3) is 2.96. The fourth-order valence-electron chi connectivity index (χ4n) is 1.44. The third-order valence-electron chi connectivity index (χ3n) is 2.64. The zero-order chi connectivity index (χ0) is 16.6. The van der Waals surface area contributed by atoms with Crippen LogP contribution < -0.4 is 0 Å². The molecule has 0 bridgehead atoms. The van der Waals surface area contributed by atoms with Crippen molar-refractivity contribution in [2.45, 2.75) is 30.5 Å². The molecule has 11 heteroatoms. The molecule has 1 unspecified atom stereocenters. The molecule has 0 saturated carbocycles. The number of hydrogen-bond acceptors (Lipinski definition) is 5. The summed E-state index contributed by atoms with van der Waals surface area (Å²) in [5.74, 6) is -3.31. The van der Waals surface area contributed by atoms with Gasteiger partial charge in [-0.15, -0.1) is 0 Å². The molecule has 1 rings (SSSR count). The van der Waals surface area contributed by atoms with Gasteiger partial charge in [-0.05, 0) is 0 Å². The molecule has 5 nitrogen and oxygen atoms in total. The molecule has 0 aromatic carbocycles. The lowest BCUT2D eigenvalue weighted by atomic mass is 9.93. The van der Waals surface area contributed by atoms with Gasteiger partial charge in [0.05, 0.1) is 12.2 Å². The van der Waals surface area contributed by atoms with Crippen LogP contribution in [0.15, 0.2) is 12.2 Å². The van der Waals surface area contributed by atoms with Crippen LogP contribution in [0, 0.1) is 0 Å². The fourth-order valence-corrected chi connectivity index (χ4v) is 1.44. The van der Waals surface area contributed by atoms with E-state index in [2.05, 4.69) is 16.1 Å². The largest absolute Gasteiger partial charge is 0.463 e. The summed E-state index contributed by atoms with van der Waals surface area (Å²) in [5, 5.41) is 8.90. The van der Waals surface area contributed by atoms with Crippen molar-refractivity contribution in [3.63, 3.8) is 0 Å². The van der Waals surface area contributed by atoms with E-state index in [9.17, 15) is 35.9 Å². The first-order chi connectivity index (χ1) is 9.32. The molecule has 1 aliphatic heterocycles. The highest BCUT2D eigenvalue weighted by Gasteiger charge is 2.73. The van der Waals surface area contributed by atoms with Crippen molar-refractivity contribution in [2.75, 3.05) is 6.61 Å². The van der Waals surface area contributed by atoms with E-state index in [4.69, 9.17) is 5.11 Å². The predicted molar refractivity (Wildman–Crippen MR) is 51.7 cm³/mol. The predicted octanol–water partition coefficient (Wildman–Crippen LogP) is 1.26. The quantitative estimate of drug-likeness (QED) is 0.481. The first-order valence-corrected chi connectivity index (χ1v) is 5.25. The molecule has 0 spiro atoms. The SMILES string of the molecule is C=C(C(=O)OC1CCOC1=O)C(O)(C(F)(F)F)C(F)(F)F. The van der Waals surface area contributed by atoms with E-state index >= 15 is 0 Å². The van der Waals surface area contributed by atoms with Crippen LogP contribution >= 0.6 is 0 Å². The van der Waals surface area contributed by atoms with Crippen molar-refractivity contribution in [2.24, 2.45) is 0 Å². The van der Waals surface area contributed by atoms with Gasteiger partial charge in [0.2, 0.25) is 6.10 Å². The number of aliphatic hydroxyl groups is 1. The zero-order valence-corrected chi connectivity index (χ0v) is 10.0. The zero-order valence-electron chi connectivity index (χ0n) is 10.0. The minimum absolute atomic E-state index is 0.202. The Balaban J connectivity index is 3.02. The van der Waals surface area contributed by atoms with Gasteiger partial charge in [0, 0.05) is 6.42 Å². The van der Waals surface area contributed by atoms with Crippen LogP contribution in [0.2, 0.25) is 0 Å². The molecule has 120 valence electrons. The molecule has 1 N–H and O–H groups in total. The van der Waals surface area contributed by atoms with Gasteiger partial charge < -0.3 is 14.6 Å². The van der Waals surface area contributed by atoms with Crippen molar-refractivity contribution < 1.29 is 50.5 Å². The monoisotopic (exact) mass is 322 g/mol. The first kappa shape index (κ1) is 17.3. The van der Waals surface area contributed by atoms with Crippen LogP contribution in [0.25, 0.3) is 0 Å². The number of rotatable bonds is 3. The molecule has 21 heavy (non-hydrogen) atoms. The number of alkyl halides is 6. The van der Waals surface area contributed by atoms with Crippen LogP contribution in [0.5, 0.6) is 0 Å². The maximum Gasteiger partial charge on any atom is 0.430 e. The molecule has 1 aliphatic rings. The fraction of sp³-hybridized carbons (Fsp3) is 0.600. The second-order valence-corrected chi connectivity index (χ2v) is 4.03.